The lowest BCUT2D eigenvalue weighted by molar-refractivity contribution is -0.130. The lowest BCUT2D eigenvalue weighted by atomic mass is 9.64. The van der Waals surface area contributed by atoms with Gasteiger partial charge in [-0.2, -0.15) is 0 Å². The predicted octanol–water partition coefficient (Wildman–Crippen LogP) is 3.62. The molecule has 1 aromatic rings. The second kappa shape index (κ2) is 6.31. The van der Waals surface area contributed by atoms with Gasteiger partial charge in [-0.15, -0.1) is 0 Å². The Balaban J connectivity index is 1.67. The van der Waals surface area contributed by atoms with Crippen LogP contribution in [-0.2, 0) is 14.3 Å². The van der Waals surface area contributed by atoms with E-state index in [1.165, 1.54) is 0 Å². The number of ketones is 1. The number of Topliss-reactive ketones (excluding diaryl/α,β-unsaturated/α-hetero) is 1. The van der Waals surface area contributed by atoms with E-state index >= 15 is 0 Å². The third-order valence-corrected chi connectivity index (χ3v) is 8.83. The Morgan fingerprint density at radius 1 is 1.19 bits per heavy atom. The summed E-state index contributed by atoms with van der Waals surface area (Å²) in [6.45, 7) is 9.17. The number of amides is 1. The van der Waals surface area contributed by atoms with Crippen molar-refractivity contribution >= 4 is 39.0 Å². The maximum absolute atomic E-state index is 13.6. The molecule has 1 saturated heterocycles. The Kier molecular flexibility index (Phi) is 4.43. The molecule has 1 aliphatic heterocycles. The van der Waals surface area contributed by atoms with Gasteiger partial charge < -0.3 is 15.0 Å². The molecule has 6 heteroatoms. The summed E-state index contributed by atoms with van der Waals surface area (Å²) in [5.74, 6) is 0.111. The minimum absolute atomic E-state index is 0.0512. The average Bonchev–Trinajstić information content (AvgIpc) is 2.94. The molecule has 1 aromatic carbocycles. The first-order valence-corrected chi connectivity index (χ1v) is 10.6. The Hall–Kier alpha value is -1.40. The van der Waals surface area contributed by atoms with Crippen LogP contribution in [0.2, 0.25) is 0 Å². The first kappa shape index (κ1) is 18.9. The van der Waals surface area contributed by atoms with Crippen molar-refractivity contribution in [2.24, 2.45) is 16.2 Å². The van der Waals surface area contributed by atoms with Crippen LogP contribution in [0, 0.1) is 16.2 Å². The van der Waals surface area contributed by atoms with Crippen molar-refractivity contribution in [1.29, 1.82) is 0 Å². The highest BCUT2D eigenvalue weighted by molar-refractivity contribution is 9.10. The first-order valence-electron chi connectivity index (χ1n) is 9.67. The maximum atomic E-state index is 13.6. The van der Waals surface area contributed by atoms with Gasteiger partial charge in [-0.3, -0.25) is 9.59 Å². The van der Waals surface area contributed by atoms with E-state index in [-0.39, 0.29) is 11.7 Å². The van der Waals surface area contributed by atoms with E-state index in [4.69, 9.17) is 4.74 Å². The number of benzene rings is 1. The molecule has 3 unspecified atom stereocenters. The summed E-state index contributed by atoms with van der Waals surface area (Å²) in [6.07, 6.45) is 1.49. The van der Waals surface area contributed by atoms with E-state index in [1.54, 1.807) is 0 Å². The molecule has 27 heavy (non-hydrogen) atoms. The molecule has 0 spiro atoms. The van der Waals surface area contributed by atoms with Gasteiger partial charge in [-0.25, -0.2) is 0 Å². The van der Waals surface area contributed by atoms with Gasteiger partial charge in [-0.05, 0) is 30.4 Å². The fourth-order valence-electron chi connectivity index (χ4n) is 5.35. The van der Waals surface area contributed by atoms with E-state index < -0.39 is 21.1 Å². The normalized spacial score (nSPS) is 34.7. The molecule has 4 rings (SSSR count). The number of ether oxygens (including phenoxy) is 1. The number of morpholine rings is 1. The van der Waals surface area contributed by atoms with Gasteiger partial charge in [0, 0.05) is 18.5 Å². The third kappa shape index (κ3) is 2.38. The van der Waals surface area contributed by atoms with Crippen molar-refractivity contribution in [2.45, 2.75) is 38.4 Å². The van der Waals surface area contributed by atoms with Gasteiger partial charge >= 0.3 is 0 Å². The molecule has 0 aromatic heterocycles. The number of alkyl halides is 1. The molecule has 2 saturated carbocycles. The summed E-state index contributed by atoms with van der Waals surface area (Å²) in [6, 6.07) is 7.91. The molecule has 0 radical (unpaired) electrons. The van der Waals surface area contributed by atoms with E-state index in [1.807, 2.05) is 31.2 Å². The summed E-state index contributed by atoms with van der Waals surface area (Å²) < 4.78 is 5.45. The predicted molar refractivity (Wildman–Crippen MR) is 109 cm³/mol. The number of carbonyl (C=O) groups excluding carboxylic acids is 2. The van der Waals surface area contributed by atoms with Crippen molar-refractivity contribution in [3.63, 3.8) is 0 Å². The number of hydrogen-bond donors (Lipinski definition) is 1. The number of hydrogen-bond acceptors (Lipinski definition) is 4. The van der Waals surface area contributed by atoms with Gasteiger partial charge in [0.1, 0.15) is 0 Å². The highest BCUT2D eigenvalue weighted by atomic mass is 79.9. The van der Waals surface area contributed by atoms with E-state index in [0.717, 1.165) is 37.3 Å². The first-order chi connectivity index (χ1) is 12.8. The van der Waals surface area contributed by atoms with Crippen LogP contribution < -0.4 is 10.2 Å². The number of halogens is 1. The van der Waals surface area contributed by atoms with Crippen LogP contribution in [-0.4, -0.2) is 42.8 Å². The van der Waals surface area contributed by atoms with E-state index in [0.29, 0.717) is 13.2 Å². The van der Waals surface area contributed by atoms with Gasteiger partial charge in [0.05, 0.1) is 34.8 Å². The monoisotopic (exact) mass is 434 g/mol. The molecule has 1 amide bonds. The number of nitrogens with zero attached hydrogens (tertiary/aromatic N) is 1. The largest absolute Gasteiger partial charge is 0.378 e. The summed E-state index contributed by atoms with van der Waals surface area (Å²) >= 11 is 3.60. The maximum Gasteiger partial charge on any atom is 0.232 e. The Morgan fingerprint density at radius 3 is 2.48 bits per heavy atom. The quantitative estimate of drug-likeness (QED) is 0.737. The minimum atomic E-state index is -0.725. The van der Waals surface area contributed by atoms with Crippen LogP contribution in [0.25, 0.3) is 0 Å². The van der Waals surface area contributed by atoms with Gasteiger partial charge in [0.2, 0.25) is 5.91 Å². The molecular formula is C21H27BrN2O3. The van der Waals surface area contributed by atoms with Crippen LogP contribution in [0.1, 0.15) is 33.6 Å². The lowest BCUT2D eigenvalue weighted by Crippen LogP contribution is -2.48. The summed E-state index contributed by atoms with van der Waals surface area (Å²) in [7, 11) is 0. The molecule has 3 fully saturated rings. The van der Waals surface area contributed by atoms with Crippen molar-refractivity contribution in [1.82, 2.24) is 0 Å². The zero-order valence-corrected chi connectivity index (χ0v) is 17.8. The number of fused-ring (bicyclic) bond motifs is 2. The lowest BCUT2D eigenvalue weighted by Gasteiger charge is -2.40. The standard InChI is InChI=1S/C21H27BrN2O3/c1-19(2)20(3)8-9-21(19,16(22)17(20)25)18(26)23-14-6-4-5-7-15(14)24-10-12-27-13-11-24/h4-7,16H,8-13H2,1-3H3,(H,23,26). The third-order valence-electron chi connectivity index (χ3n) is 7.63. The van der Waals surface area contributed by atoms with Crippen molar-refractivity contribution in [2.75, 3.05) is 36.5 Å². The number of anilines is 2. The van der Waals surface area contributed by atoms with Crippen LogP contribution in [0.5, 0.6) is 0 Å². The van der Waals surface area contributed by atoms with Crippen LogP contribution in [0.3, 0.4) is 0 Å². The molecule has 5 nitrogen and oxygen atoms in total. The van der Waals surface area contributed by atoms with Crippen molar-refractivity contribution in [3.8, 4) is 0 Å². The van der Waals surface area contributed by atoms with Gasteiger partial charge in [-0.1, -0.05) is 48.8 Å². The molecule has 3 atom stereocenters. The van der Waals surface area contributed by atoms with Gasteiger partial charge in [0.25, 0.3) is 0 Å². The topological polar surface area (TPSA) is 58.6 Å². The second-order valence-electron chi connectivity index (χ2n) is 8.73. The Bertz CT molecular complexity index is 789. The van der Waals surface area contributed by atoms with Crippen LogP contribution >= 0.6 is 15.9 Å². The number of carbonyl (C=O) groups is 2. The average molecular weight is 435 g/mol. The fourth-order valence-corrected chi connectivity index (χ4v) is 6.86. The number of para-hydroxylation sites is 2. The molecule has 3 aliphatic rings. The highest BCUT2D eigenvalue weighted by Crippen LogP contribution is 2.72. The molecule has 2 aliphatic carbocycles. The smallest absolute Gasteiger partial charge is 0.232 e. The zero-order chi connectivity index (χ0) is 19.4. The summed E-state index contributed by atoms with van der Waals surface area (Å²) in [5, 5.41) is 3.19. The van der Waals surface area contributed by atoms with Crippen molar-refractivity contribution in [3.05, 3.63) is 24.3 Å². The van der Waals surface area contributed by atoms with Crippen molar-refractivity contribution < 1.29 is 14.3 Å². The number of nitrogens with one attached hydrogen (secondary N) is 1. The van der Waals surface area contributed by atoms with Crippen LogP contribution in [0.4, 0.5) is 11.4 Å². The summed E-state index contributed by atoms with van der Waals surface area (Å²) in [4.78, 5) is 28.3. The SMILES string of the molecule is CC12CCC(C(=O)Nc3ccccc3N3CCOCC3)(C(Br)C1=O)C2(C)C. The molecule has 146 valence electrons. The molecule has 1 N–H and O–H groups in total. The van der Waals surface area contributed by atoms with Crippen LogP contribution in [0.15, 0.2) is 24.3 Å². The minimum Gasteiger partial charge on any atom is -0.378 e. The zero-order valence-electron chi connectivity index (χ0n) is 16.2. The Morgan fingerprint density at radius 2 is 1.85 bits per heavy atom. The van der Waals surface area contributed by atoms with E-state index in [9.17, 15) is 9.59 Å². The Labute approximate surface area is 169 Å². The van der Waals surface area contributed by atoms with Gasteiger partial charge in [0.15, 0.2) is 5.78 Å². The molecule has 1 heterocycles. The summed E-state index contributed by atoms with van der Waals surface area (Å²) in [5.41, 5.74) is 0.240. The number of rotatable bonds is 3. The molecular weight excluding hydrogens is 408 g/mol. The highest BCUT2D eigenvalue weighted by Gasteiger charge is 2.76. The second-order valence-corrected chi connectivity index (χ2v) is 9.64. The fraction of sp³-hybridized carbons (Fsp3) is 0.619. The van der Waals surface area contributed by atoms with E-state index in [2.05, 4.69) is 40.0 Å². The molecule has 2 bridgehead atoms.